The van der Waals surface area contributed by atoms with E-state index in [-0.39, 0.29) is 24.1 Å². The molecule has 7 nitrogen and oxygen atoms in total. The molecule has 156 valence electrons. The fourth-order valence-electron chi connectivity index (χ4n) is 4.60. The third-order valence-corrected chi connectivity index (χ3v) is 6.27. The Labute approximate surface area is 171 Å². The minimum Gasteiger partial charge on any atom is -0.322 e. The molecule has 7 heteroatoms. The number of piperidine rings is 2. The number of rotatable bonds is 6. The second-order valence-electron chi connectivity index (χ2n) is 8.40. The molecule has 3 heterocycles. The molecule has 3 aliphatic rings. The van der Waals surface area contributed by atoms with Gasteiger partial charge in [-0.2, -0.15) is 0 Å². The molecule has 0 aromatic heterocycles. The molecule has 1 aromatic rings. The molecule has 2 N–H and O–H groups in total. The lowest BCUT2D eigenvalue weighted by molar-refractivity contribution is -0.136. The van der Waals surface area contributed by atoms with Gasteiger partial charge >= 0.3 is 0 Å². The number of amides is 3. The van der Waals surface area contributed by atoms with E-state index in [2.05, 4.69) is 28.5 Å². The van der Waals surface area contributed by atoms with Crippen LogP contribution >= 0.6 is 0 Å². The highest BCUT2D eigenvalue weighted by atomic mass is 16.2. The minimum absolute atomic E-state index is 0.0983. The van der Waals surface area contributed by atoms with Crippen LogP contribution in [0.2, 0.25) is 0 Å². The van der Waals surface area contributed by atoms with Crippen molar-refractivity contribution in [2.24, 2.45) is 0 Å². The highest BCUT2D eigenvalue weighted by Gasteiger charge is 2.39. The van der Waals surface area contributed by atoms with E-state index < -0.39 is 6.04 Å². The van der Waals surface area contributed by atoms with Crippen molar-refractivity contribution in [1.29, 1.82) is 0 Å². The molecule has 3 amide bonds. The van der Waals surface area contributed by atoms with Crippen LogP contribution in [-0.4, -0.2) is 59.2 Å². The summed E-state index contributed by atoms with van der Waals surface area (Å²) in [5, 5.41) is 5.96. The second-order valence-corrected chi connectivity index (χ2v) is 8.40. The van der Waals surface area contributed by atoms with E-state index in [9.17, 15) is 14.4 Å². The molecule has 3 aliphatic heterocycles. The Balaban J connectivity index is 1.37. The summed E-state index contributed by atoms with van der Waals surface area (Å²) in [5.74, 6) is -0.715. The lowest BCUT2D eigenvalue weighted by atomic mass is 10.0. The zero-order chi connectivity index (χ0) is 20.4. The van der Waals surface area contributed by atoms with Crippen LogP contribution in [0.3, 0.4) is 0 Å². The first-order valence-electron chi connectivity index (χ1n) is 10.8. The number of carbonyl (C=O) groups is 3. The van der Waals surface area contributed by atoms with Crippen molar-refractivity contribution in [3.8, 4) is 0 Å². The zero-order valence-electron chi connectivity index (χ0n) is 17.1. The van der Waals surface area contributed by atoms with Crippen LogP contribution in [0.5, 0.6) is 0 Å². The molecule has 0 bridgehead atoms. The van der Waals surface area contributed by atoms with Crippen LogP contribution in [-0.2, 0) is 22.7 Å². The Kier molecular flexibility index (Phi) is 5.96. The first kappa shape index (κ1) is 20.0. The summed E-state index contributed by atoms with van der Waals surface area (Å²) >= 11 is 0. The highest BCUT2D eigenvalue weighted by Crippen LogP contribution is 2.28. The van der Waals surface area contributed by atoms with Crippen LogP contribution in [0.1, 0.15) is 60.5 Å². The van der Waals surface area contributed by atoms with E-state index in [1.807, 2.05) is 12.1 Å². The Morgan fingerprint density at radius 1 is 1.14 bits per heavy atom. The normalized spacial score (nSPS) is 23.4. The van der Waals surface area contributed by atoms with Gasteiger partial charge in [0.1, 0.15) is 6.04 Å². The van der Waals surface area contributed by atoms with E-state index in [1.165, 1.54) is 6.42 Å². The topological polar surface area (TPSA) is 81.8 Å². The Bertz CT molecular complexity index is 801. The maximum Gasteiger partial charge on any atom is 0.255 e. The van der Waals surface area contributed by atoms with Gasteiger partial charge in [-0.15, -0.1) is 0 Å². The van der Waals surface area contributed by atoms with Crippen molar-refractivity contribution in [1.82, 2.24) is 20.4 Å². The third kappa shape index (κ3) is 4.36. The maximum absolute atomic E-state index is 13.0. The standard InChI is InChI=1S/C22H30N4O3/c1-2-9-23-17-7-10-25(11-8-17)13-15-3-4-16-14-26(22(29)18(16)12-15)19-5-6-20(27)24-21(19)28/h3-4,12,17,19,23H,2,5-11,13-14H2,1H3,(H,24,27,28). The van der Waals surface area contributed by atoms with Crippen LogP contribution in [0, 0.1) is 0 Å². The molecule has 0 radical (unpaired) electrons. The average Bonchev–Trinajstić information content (AvgIpc) is 3.03. The molecule has 1 unspecified atom stereocenters. The van der Waals surface area contributed by atoms with Gasteiger partial charge in [0.25, 0.3) is 5.91 Å². The maximum atomic E-state index is 13.0. The van der Waals surface area contributed by atoms with Crippen molar-refractivity contribution in [2.45, 2.75) is 64.2 Å². The number of carbonyl (C=O) groups excluding carboxylic acids is 3. The number of benzene rings is 1. The number of nitrogens with one attached hydrogen (secondary N) is 2. The first-order valence-corrected chi connectivity index (χ1v) is 10.8. The van der Waals surface area contributed by atoms with Crippen LogP contribution in [0.15, 0.2) is 18.2 Å². The van der Waals surface area contributed by atoms with Gasteiger partial charge in [-0.05, 0) is 62.5 Å². The molecule has 2 fully saturated rings. The molecular formula is C22H30N4O3. The lowest BCUT2D eigenvalue weighted by Crippen LogP contribution is -2.52. The summed E-state index contributed by atoms with van der Waals surface area (Å²) in [6, 6.07) is 6.18. The predicted molar refractivity (Wildman–Crippen MR) is 109 cm³/mol. The molecule has 29 heavy (non-hydrogen) atoms. The number of nitrogens with zero attached hydrogens (tertiary/aromatic N) is 2. The molecule has 1 aromatic carbocycles. The summed E-state index contributed by atoms with van der Waals surface area (Å²) in [6.45, 7) is 6.69. The number of hydrogen-bond donors (Lipinski definition) is 2. The van der Waals surface area contributed by atoms with E-state index in [0.717, 1.165) is 50.1 Å². The van der Waals surface area contributed by atoms with Gasteiger partial charge in [0.05, 0.1) is 0 Å². The third-order valence-electron chi connectivity index (χ3n) is 6.27. The quantitative estimate of drug-likeness (QED) is 0.708. The van der Waals surface area contributed by atoms with E-state index in [1.54, 1.807) is 4.90 Å². The Hall–Kier alpha value is -2.25. The van der Waals surface area contributed by atoms with Crippen molar-refractivity contribution >= 4 is 17.7 Å². The molecule has 0 spiro atoms. The number of fused-ring (bicyclic) bond motifs is 1. The van der Waals surface area contributed by atoms with Gasteiger partial charge in [0.2, 0.25) is 11.8 Å². The van der Waals surface area contributed by atoms with Gasteiger partial charge < -0.3 is 10.2 Å². The predicted octanol–water partition coefficient (Wildman–Crippen LogP) is 1.41. The van der Waals surface area contributed by atoms with Gasteiger partial charge in [0, 0.05) is 31.1 Å². The number of hydrogen-bond acceptors (Lipinski definition) is 5. The van der Waals surface area contributed by atoms with Crippen molar-refractivity contribution in [3.05, 3.63) is 34.9 Å². The number of likely N-dealkylation sites (tertiary alicyclic amines) is 1. The van der Waals surface area contributed by atoms with Gasteiger partial charge in [-0.1, -0.05) is 19.1 Å². The Morgan fingerprint density at radius 2 is 1.93 bits per heavy atom. The minimum atomic E-state index is -0.550. The monoisotopic (exact) mass is 398 g/mol. The fourth-order valence-corrected chi connectivity index (χ4v) is 4.60. The zero-order valence-corrected chi connectivity index (χ0v) is 17.1. The molecule has 0 aliphatic carbocycles. The summed E-state index contributed by atoms with van der Waals surface area (Å²) in [7, 11) is 0. The van der Waals surface area contributed by atoms with Crippen molar-refractivity contribution in [2.75, 3.05) is 19.6 Å². The summed E-state index contributed by atoms with van der Waals surface area (Å²) in [6.07, 6.45) is 4.17. The Morgan fingerprint density at radius 3 is 2.66 bits per heavy atom. The van der Waals surface area contributed by atoms with Crippen molar-refractivity contribution < 1.29 is 14.4 Å². The van der Waals surface area contributed by atoms with Gasteiger partial charge in [-0.25, -0.2) is 0 Å². The van der Waals surface area contributed by atoms with Gasteiger partial charge in [-0.3, -0.25) is 24.6 Å². The van der Waals surface area contributed by atoms with Crippen LogP contribution < -0.4 is 10.6 Å². The SMILES string of the molecule is CCCNC1CCN(Cc2ccc3c(c2)C(=O)N(C2CCC(=O)NC2=O)C3)CC1. The van der Waals surface area contributed by atoms with Crippen LogP contribution in [0.4, 0.5) is 0 Å². The van der Waals surface area contributed by atoms with Gasteiger partial charge in [0.15, 0.2) is 0 Å². The second kappa shape index (κ2) is 8.63. The summed E-state index contributed by atoms with van der Waals surface area (Å²) in [5.41, 5.74) is 2.81. The summed E-state index contributed by atoms with van der Waals surface area (Å²) < 4.78 is 0. The highest BCUT2D eigenvalue weighted by molar-refractivity contribution is 6.05. The smallest absolute Gasteiger partial charge is 0.255 e. The van der Waals surface area contributed by atoms with Crippen LogP contribution in [0.25, 0.3) is 0 Å². The van der Waals surface area contributed by atoms with E-state index >= 15 is 0 Å². The van der Waals surface area contributed by atoms with E-state index in [4.69, 9.17) is 0 Å². The number of imide groups is 1. The molecule has 4 rings (SSSR count). The van der Waals surface area contributed by atoms with E-state index in [0.29, 0.717) is 24.6 Å². The molecule has 0 saturated carbocycles. The van der Waals surface area contributed by atoms with Crippen molar-refractivity contribution in [3.63, 3.8) is 0 Å². The molecule has 1 atom stereocenters. The lowest BCUT2D eigenvalue weighted by Gasteiger charge is -2.32. The average molecular weight is 399 g/mol. The molecular weight excluding hydrogens is 368 g/mol. The fraction of sp³-hybridized carbons (Fsp3) is 0.591. The molecule has 2 saturated heterocycles. The largest absolute Gasteiger partial charge is 0.322 e. The first-order chi connectivity index (χ1) is 14.0. The summed E-state index contributed by atoms with van der Waals surface area (Å²) in [4.78, 5) is 40.6.